The van der Waals surface area contributed by atoms with Gasteiger partial charge >= 0.3 is 0 Å². The van der Waals surface area contributed by atoms with E-state index < -0.39 is 9.84 Å². The molecule has 1 aromatic carbocycles. The Morgan fingerprint density at radius 1 is 1.25 bits per heavy atom. The van der Waals surface area contributed by atoms with E-state index in [1.807, 2.05) is 6.92 Å². The molecule has 0 aromatic heterocycles. The van der Waals surface area contributed by atoms with E-state index in [4.69, 9.17) is 0 Å². The molecule has 1 heterocycles. The standard InChI is InChI=1S/C17H24N2O4S/c1-3-19(16-9-11-24(22,23)12-16)10-8-17(21)18-15-6-4-14(5-7-15)13(2)20/h4-7,16H,3,8-12H2,1-2H3,(H,18,21). The van der Waals surface area contributed by atoms with Crippen LogP contribution in [0.15, 0.2) is 24.3 Å². The number of rotatable bonds is 7. The van der Waals surface area contributed by atoms with Crippen LogP contribution in [0.5, 0.6) is 0 Å². The number of nitrogens with one attached hydrogen (secondary N) is 1. The predicted octanol–water partition coefficient (Wildman–Crippen LogP) is 1.73. The minimum Gasteiger partial charge on any atom is -0.326 e. The zero-order valence-corrected chi connectivity index (χ0v) is 14.9. The van der Waals surface area contributed by atoms with Crippen LogP contribution in [0.25, 0.3) is 0 Å². The Morgan fingerprint density at radius 2 is 1.92 bits per heavy atom. The summed E-state index contributed by atoms with van der Waals surface area (Å²) in [6, 6.07) is 6.79. The molecule has 0 saturated carbocycles. The van der Waals surface area contributed by atoms with E-state index in [1.165, 1.54) is 6.92 Å². The fraction of sp³-hybridized carbons (Fsp3) is 0.529. The molecule has 1 fully saturated rings. The van der Waals surface area contributed by atoms with Gasteiger partial charge < -0.3 is 5.32 Å². The summed E-state index contributed by atoms with van der Waals surface area (Å²) in [4.78, 5) is 25.4. The Hall–Kier alpha value is -1.73. The Kier molecular flexibility index (Phi) is 6.12. The molecule has 24 heavy (non-hydrogen) atoms. The maximum Gasteiger partial charge on any atom is 0.225 e. The quantitative estimate of drug-likeness (QED) is 0.756. The van der Waals surface area contributed by atoms with Crippen LogP contribution in [0.1, 0.15) is 37.0 Å². The minimum atomic E-state index is -2.92. The van der Waals surface area contributed by atoms with E-state index in [1.54, 1.807) is 24.3 Å². The second-order valence-corrected chi connectivity index (χ2v) is 8.35. The van der Waals surface area contributed by atoms with Crippen molar-refractivity contribution in [2.75, 3.05) is 29.9 Å². The SMILES string of the molecule is CCN(CCC(=O)Nc1ccc(C(C)=O)cc1)C1CCS(=O)(=O)C1. The molecule has 0 bridgehead atoms. The monoisotopic (exact) mass is 352 g/mol. The highest BCUT2D eigenvalue weighted by molar-refractivity contribution is 7.91. The van der Waals surface area contributed by atoms with Crippen molar-refractivity contribution in [2.24, 2.45) is 0 Å². The number of amides is 1. The number of ketones is 1. The summed E-state index contributed by atoms with van der Waals surface area (Å²) in [5, 5.41) is 2.80. The normalized spacial score (nSPS) is 19.4. The first kappa shape index (κ1) is 18.6. The van der Waals surface area contributed by atoms with Crippen LogP contribution in [0, 0.1) is 0 Å². The van der Waals surface area contributed by atoms with Crippen molar-refractivity contribution in [3.05, 3.63) is 29.8 Å². The number of carbonyl (C=O) groups is 2. The van der Waals surface area contributed by atoms with Crippen molar-refractivity contribution in [1.29, 1.82) is 0 Å². The summed E-state index contributed by atoms with van der Waals surface area (Å²) >= 11 is 0. The highest BCUT2D eigenvalue weighted by Crippen LogP contribution is 2.18. The third kappa shape index (κ3) is 5.14. The van der Waals surface area contributed by atoms with Gasteiger partial charge in [0, 0.05) is 30.3 Å². The van der Waals surface area contributed by atoms with Gasteiger partial charge in [0.2, 0.25) is 5.91 Å². The van der Waals surface area contributed by atoms with Gasteiger partial charge in [0.1, 0.15) is 0 Å². The van der Waals surface area contributed by atoms with Crippen LogP contribution < -0.4 is 5.32 Å². The lowest BCUT2D eigenvalue weighted by Gasteiger charge is -2.26. The van der Waals surface area contributed by atoms with Gasteiger partial charge in [0.05, 0.1) is 11.5 Å². The van der Waals surface area contributed by atoms with Crippen molar-refractivity contribution in [1.82, 2.24) is 4.90 Å². The summed E-state index contributed by atoms with van der Waals surface area (Å²) in [6.07, 6.45) is 0.948. The van der Waals surface area contributed by atoms with E-state index in [2.05, 4.69) is 10.2 Å². The second kappa shape index (κ2) is 7.90. The third-order valence-electron chi connectivity index (χ3n) is 4.33. The highest BCUT2D eigenvalue weighted by Gasteiger charge is 2.31. The lowest BCUT2D eigenvalue weighted by molar-refractivity contribution is -0.116. The van der Waals surface area contributed by atoms with E-state index in [0.29, 0.717) is 30.6 Å². The Labute approximate surface area is 143 Å². The summed E-state index contributed by atoms with van der Waals surface area (Å²) in [5.74, 6) is 0.292. The molecule has 1 aliphatic heterocycles. The van der Waals surface area contributed by atoms with Gasteiger partial charge in [0.25, 0.3) is 0 Å². The lowest BCUT2D eigenvalue weighted by Crippen LogP contribution is -2.38. The molecule has 1 aliphatic rings. The van der Waals surface area contributed by atoms with Crippen LogP contribution in [0.2, 0.25) is 0 Å². The number of hydrogen-bond donors (Lipinski definition) is 1. The molecule has 1 unspecified atom stereocenters. The molecule has 1 amide bonds. The summed E-state index contributed by atoms with van der Waals surface area (Å²) in [5.41, 5.74) is 1.25. The van der Waals surface area contributed by atoms with E-state index in [0.717, 1.165) is 6.54 Å². The zero-order valence-electron chi connectivity index (χ0n) is 14.1. The van der Waals surface area contributed by atoms with E-state index >= 15 is 0 Å². The Balaban J connectivity index is 1.84. The van der Waals surface area contributed by atoms with Gasteiger partial charge in [-0.2, -0.15) is 0 Å². The van der Waals surface area contributed by atoms with Gasteiger partial charge in [-0.1, -0.05) is 6.92 Å². The van der Waals surface area contributed by atoms with Gasteiger partial charge in [-0.15, -0.1) is 0 Å². The van der Waals surface area contributed by atoms with Gasteiger partial charge in [0.15, 0.2) is 15.6 Å². The van der Waals surface area contributed by atoms with Crippen molar-refractivity contribution in [2.45, 2.75) is 32.7 Å². The molecule has 132 valence electrons. The smallest absolute Gasteiger partial charge is 0.225 e. The second-order valence-electron chi connectivity index (χ2n) is 6.12. The summed E-state index contributed by atoms with van der Waals surface area (Å²) < 4.78 is 23.2. The summed E-state index contributed by atoms with van der Waals surface area (Å²) in [7, 11) is -2.92. The Morgan fingerprint density at radius 3 is 2.42 bits per heavy atom. The number of carbonyl (C=O) groups excluding carboxylic acids is 2. The number of sulfone groups is 1. The first-order chi connectivity index (χ1) is 11.3. The van der Waals surface area contributed by atoms with Crippen molar-refractivity contribution in [3.63, 3.8) is 0 Å². The topological polar surface area (TPSA) is 83.6 Å². The molecule has 7 heteroatoms. The molecule has 0 aliphatic carbocycles. The fourth-order valence-electron chi connectivity index (χ4n) is 2.92. The predicted molar refractivity (Wildman–Crippen MR) is 94.0 cm³/mol. The number of hydrogen-bond acceptors (Lipinski definition) is 5. The molecule has 1 saturated heterocycles. The third-order valence-corrected chi connectivity index (χ3v) is 6.08. The maximum atomic E-state index is 12.1. The number of benzene rings is 1. The highest BCUT2D eigenvalue weighted by atomic mass is 32.2. The maximum absolute atomic E-state index is 12.1. The molecule has 0 spiro atoms. The van der Waals surface area contributed by atoms with Crippen molar-refractivity contribution >= 4 is 27.2 Å². The molecule has 6 nitrogen and oxygen atoms in total. The number of nitrogens with zero attached hydrogens (tertiary/aromatic N) is 1. The molecule has 1 N–H and O–H groups in total. The zero-order chi connectivity index (χ0) is 17.7. The van der Waals surface area contributed by atoms with Gasteiger partial charge in [-0.3, -0.25) is 14.5 Å². The van der Waals surface area contributed by atoms with E-state index in [9.17, 15) is 18.0 Å². The molecule has 0 radical (unpaired) electrons. The van der Waals surface area contributed by atoms with Crippen LogP contribution in [-0.2, 0) is 14.6 Å². The van der Waals surface area contributed by atoms with Crippen LogP contribution in [0.3, 0.4) is 0 Å². The molecule has 1 atom stereocenters. The van der Waals surface area contributed by atoms with Gasteiger partial charge in [-0.05, 0) is 44.2 Å². The lowest BCUT2D eigenvalue weighted by atomic mass is 10.1. The minimum absolute atomic E-state index is 0.0158. The molecular formula is C17H24N2O4S. The van der Waals surface area contributed by atoms with Gasteiger partial charge in [-0.25, -0.2) is 8.42 Å². The molecule has 1 aromatic rings. The van der Waals surface area contributed by atoms with Crippen LogP contribution in [-0.4, -0.2) is 55.6 Å². The van der Waals surface area contributed by atoms with Crippen LogP contribution in [0.4, 0.5) is 5.69 Å². The summed E-state index contributed by atoms with van der Waals surface area (Å²) in [6.45, 7) is 4.73. The first-order valence-corrected chi connectivity index (χ1v) is 9.98. The largest absolute Gasteiger partial charge is 0.326 e. The average Bonchev–Trinajstić information content (AvgIpc) is 2.88. The first-order valence-electron chi connectivity index (χ1n) is 8.16. The number of anilines is 1. The molecule has 2 rings (SSSR count). The Bertz CT molecular complexity index is 698. The van der Waals surface area contributed by atoms with E-state index in [-0.39, 0.29) is 29.2 Å². The van der Waals surface area contributed by atoms with Crippen molar-refractivity contribution < 1.29 is 18.0 Å². The average molecular weight is 352 g/mol. The van der Waals surface area contributed by atoms with Crippen LogP contribution >= 0.6 is 0 Å². The van der Waals surface area contributed by atoms with Crippen molar-refractivity contribution in [3.8, 4) is 0 Å². The molecular weight excluding hydrogens is 328 g/mol. The fourth-order valence-corrected chi connectivity index (χ4v) is 4.68. The number of Topliss-reactive ketones (excluding diaryl/α,β-unsaturated/α-hetero) is 1.